The van der Waals surface area contributed by atoms with Crippen molar-refractivity contribution in [2.45, 2.75) is 26.2 Å². The molecule has 104 valence electrons. The summed E-state index contributed by atoms with van der Waals surface area (Å²) >= 11 is 0. The predicted molar refractivity (Wildman–Crippen MR) is 76.1 cm³/mol. The zero-order valence-corrected chi connectivity index (χ0v) is 11.9. The second-order valence-electron chi connectivity index (χ2n) is 5.32. The average Bonchev–Trinajstić information content (AvgIpc) is 2.45. The Labute approximate surface area is 115 Å². The van der Waals surface area contributed by atoms with Gasteiger partial charge in [-0.05, 0) is 57.3 Å². The van der Waals surface area contributed by atoms with E-state index in [9.17, 15) is 4.79 Å². The number of pyridine rings is 1. The van der Waals surface area contributed by atoms with Gasteiger partial charge in [-0.15, -0.1) is 0 Å². The Bertz CT molecular complexity index is 425. The van der Waals surface area contributed by atoms with Crippen molar-refractivity contribution in [3.8, 4) is 0 Å². The van der Waals surface area contributed by atoms with Crippen LogP contribution >= 0.6 is 0 Å². The molecule has 1 saturated heterocycles. The number of carbonyl (C=O) groups excluding carboxylic acids is 1. The van der Waals surface area contributed by atoms with E-state index in [1.807, 2.05) is 24.9 Å². The summed E-state index contributed by atoms with van der Waals surface area (Å²) in [5.41, 5.74) is 1.76. The molecule has 0 atom stereocenters. The van der Waals surface area contributed by atoms with Crippen molar-refractivity contribution in [1.82, 2.24) is 15.2 Å². The molecular weight excluding hydrogens is 238 g/mol. The first-order valence-electron chi connectivity index (χ1n) is 7.07. The minimum Gasteiger partial charge on any atom is -0.339 e. The molecule has 19 heavy (non-hydrogen) atoms. The number of amides is 1. The predicted octanol–water partition coefficient (Wildman–Crippen LogP) is 1.85. The number of carbonyl (C=O) groups is 1. The number of aryl methyl sites for hydroxylation is 1. The molecule has 1 N–H and O–H groups in total. The molecule has 1 aromatic heterocycles. The quantitative estimate of drug-likeness (QED) is 0.899. The van der Waals surface area contributed by atoms with Gasteiger partial charge in [-0.2, -0.15) is 0 Å². The molecule has 2 rings (SSSR count). The van der Waals surface area contributed by atoms with Gasteiger partial charge in [0.25, 0.3) is 5.91 Å². The first-order valence-corrected chi connectivity index (χ1v) is 7.07. The first kappa shape index (κ1) is 14.0. The molecule has 1 aromatic rings. The topological polar surface area (TPSA) is 45.2 Å². The minimum atomic E-state index is 0.137. The molecule has 1 aliphatic rings. The van der Waals surface area contributed by atoms with E-state index in [0.717, 1.165) is 49.5 Å². The standard InChI is InChI=1S/C15H23N3O/c1-12-3-8-17-11-14(12)15(19)18-9-5-13(6-10-18)4-7-16-2/h3,8,11,13,16H,4-7,9-10H2,1-2H3. The van der Waals surface area contributed by atoms with Crippen LogP contribution in [0.5, 0.6) is 0 Å². The Morgan fingerprint density at radius 1 is 1.47 bits per heavy atom. The highest BCUT2D eigenvalue weighted by atomic mass is 16.2. The van der Waals surface area contributed by atoms with Crippen molar-refractivity contribution in [3.05, 3.63) is 29.6 Å². The van der Waals surface area contributed by atoms with E-state index in [4.69, 9.17) is 0 Å². The molecule has 4 heteroatoms. The smallest absolute Gasteiger partial charge is 0.255 e. The maximum atomic E-state index is 12.4. The molecule has 0 bridgehead atoms. The van der Waals surface area contributed by atoms with Gasteiger partial charge in [-0.3, -0.25) is 9.78 Å². The number of nitrogens with one attached hydrogen (secondary N) is 1. The highest BCUT2D eigenvalue weighted by Gasteiger charge is 2.24. The van der Waals surface area contributed by atoms with E-state index in [-0.39, 0.29) is 5.91 Å². The number of rotatable bonds is 4. The summed E-state index contributed by atoms with van der Waals surface area (Å²) in [6, 6.07) is 1.90. The second-order valence-corrected chi connectivity index (χ2v) is 5.32. The fourth-order valence-corrected chi connectivity index (χ4v) is 2.63. The van der Waals surface area contributed by atoms with E-state index < -0.39 is 0 Å². The summed E-state index contributed by atoms with van der Waals surface area (Å²) in [7, 11) is 1.99. The Morgan fingerprint density at radius 3 is 2.84 bits per heavy atom. The molecular formula is C15H23N3O. The Balaban J connectivity index is 1.91. The van der Waals surface area contributed by atoms with Crippen LogP contribution < -0.4 is 5.32 Å². The minimum absolute atomic E-state index is 0.137. The normalized spacial score (nSPS) is 16.6. The number of hydrogen-bond acceptors (Lipinski definition) is 3. The third-order valence-electron chi connectivity index (χ3n) is 3.97. The second kappa shape index (κ2) is 6.66. The summed E-state index contributed by atoms with van der Waals surface area (Å²) in [6.07, 6.45) is 6.87. The van der Waals surface area contributed by atoms with Crippen molar-refractivity contribution in [2.75, 3.05) is 26.7 Å². The molecule has 1 fully saturated rings. The van der Waals surface area contributed by atoms with Crippen molar-refractivity contribution in [1.29, 1.82) is 0 Å². The van der Waals surface area contributed by atoms with Gasteiger partial charge >= 0.3 is 0 Å². The fourth-order valence-electron chi connectivity index (χ4n) is 2.63. The van der Waals surface area contributed by atoms with Gasteiger partial charge in [0.15, 0.2) is 0 Å². The molecule has 1 amide bonds. The molecule has 0 spiro atoms. The van der Waals surface area contributed by atoms with E-state index >= 15 is 0 Å². The van der Waals surface area contributed by atoms with Crippen molar-refractivity contribution in [3.63, 3.8) is 0 Å². The first-order chi connectivity index (χ1) is 9.22. The van der Waals surface area contributed by atoms with Crippen LogP contribution in [-0.4, -0.2) is 42.5 Å². The van der Waals surface area contributed by atoms with Crippen molar-refractivity contribution >= 4 is 5.91 Å². The van der Waals surface area contributed by atoms with E-state index in [1.54, 1.807) is 12.4 Å². The van der Waals surface area contributed by atoms with Crippen LogP contribution in [0.4, 0.5) is 0 Å². The lowest BCUT2D eigenvalue weighted by Gasteiger charge is -2.32. The lowest BCUT2D eigenvalue weighted by atomic mass is 9.93. The van der Waals surface area contributed by atoms with Crippen LogP contribution in [0.15, 0.2) is 18.5 Å². The third kappa shape index (κ3) is 3.53. The molecule has 4 nitrogen and oxygen atoms in total. The number of likely N-dealkylation sites (tertiary alicyclic amines) is 1. The third-order valence-corrected chi connectivity index (χ3v) is 3.97. The fraction of sp³-hybridized carbons (Fsp3) is 0.600. The molecule has 0 unspecified atom stereocenters. The number of piperidine rings is 1. The van der Waals surface area contributed by atoms with Crippen LogP contribution in [0.3, 0.4) is 0 Å². The highest BCUT2D eigenvalue weighted by molar-refractivity contribution is 5.95. The van der Waals surface area contributed by atoms with E-state index in [0.29, 0.717) is 0 Å². The lowest BCUT2D eigenvalue weighted by Crippen LogP contribution is -2.39. The van der Waals surface area contributed by atoms with E-state index in [2.05, 4.69) is 10.3 Å². The summed E-state index contributed by atoms with van der Waals surface area (Å²) in [5.74, 6) is 0.893. The lowest BCUT2D eigenvalue weighted by molar-refractivity contribution is 0.0686. The Morgan fingerprint density at radius 2 is 2.21 bits per heavy atom. The molecule has 0 aliphatic carbocycles. The van der Waals surface area contributed by atoms with Gasteiger partial charge in [-0.25, -0.2) is 0 Å². The van der Waals surface area contributed by atoms with Gasteiger partial charge in [0.05, 0.1) is 5.56 Å². The van der Waals surface area contributed by atoms with Gasteiger partial charge in [0.2, 0.25) is 0 Å². The number of hydrogen-bond donors (Lipinski definition) is 1. The van der Waals surface area contributed by atoms with Gasteiger partial charge in [-0.1, -0.05) is 0 Å². The van der Waals surface area contributed by atoms with Crippen molar-refractivity contribution < 1.29 is 4.79 Å². The van der Waals surface area contributed by atoms with Crippen LogP contribution in [0.2, 0.25) is 0 Å². The Kier molecular flexibility index (Phi) is 4.91. The van der Waals surface area contributed by atoms with Gasteiger partial charge < -0.3 is 10.2 Å². The molecule has 0 radical (unpaired) electrons. The van der Waals surface area contributed by atoms with Crippen LogP contribution in [0.25, 0.3) is 0 Å². The zero-order chi connectivity index (χ0) is 13.7. The largest absolute Gasteiger partial charge is 0.339 e. The van der Waals surface area contributed by atoms with Gasteiger partial charge in [0, 0.05) is 25.5 Å². The van der Waals surface area contributed by atoms with Crippen molar-refractivity contribution in [2.24, 2.45) is 5.92 Å². The molecule has 0 aromatic carbocycles. The van der Waals surface area contributed by atoms with Crippen LogP contribution in [0.1, 0.15) is 35.2 Å². The maximum Gasteiger partial charge on any atom is 0.255 e. The number of aromatic nitrogens is 1. The Hall–Kier alpha value is -1.42. The summed E-state index contributed by atoms with van der Waals surface area (Å²) in [6.45, 7) is 4.79. The molecule has 2 heterocycles. The average molecular weight is 261 g/mol. The van der Waals surface area contributed by atoms with Crippen LogP contribution in [-0.2, 0) is 0 Å². The maximum absolute atomic E-state index is 12.4. The van der Waals surface area contributed by atoms with Crippen LogP contribution in [0, 0.1) is 12.8 Å². The zero-order valence-electron chi connectivity index (χ0n) is 11.9. The SMILES string of the molecule is CNCCC1CCN(C(=O)c2cnccc2C)CC1. The van der Waals surface area contributed by atoms with Gasteiger partial charge in [0.1, 0.15) is 0 Å². The molecule has 0 saturated carbocycles. The molecule has 1 aliphatic heterocycles. The van der Waals surface area contributed by atoms with E-state index in [1.165, 1.54) is 6.42 Å². The summed E-state index contributed by atoms with van der Waals surface area (Å²) in [5, 5.41) is 3.19. The monoisotopic (exact) mass is 261 g/mol. The highest BCUT2D eigenvalue weighted by Crippen LogP contribution is 2.21. The summed E-state index contributed by atoms with van der Waals surface area (Å²) < 4.78 is 0. The number of nitrogens with zero attached hydrogens (tertiary/aromatic N) is 2. The summed E-state index contributed by atoms with van der Waals surface area (Å²) in [4.78, 5) is 18.4.